The Balaban J connectivity index is 2.00. The molecule has 1 atom stereocenters. The summed E-state index contributed by atoms with van der Waals surface area (Å²) in [5.41, 5.74) is 2.55. The van der Waals surface area contributed by atoms with Crippen LogP contribution in [-0.2, 0) is 4.74 Å². The Morgan fingerprint density at radius 2 is 2.35 bits per heavy atom. The van der Waals surface area contributed by atoms with Crippen LogP contribution in [0.15, 0.2) is 22.7 Å². The average molecular weight is 299 g/mol. The molecule has 0 bridgehead atoms. The minimum absolute atomic E-state index is 0.289. The Hall–Kier alpha value is -0.580. The number of nitrogens with zero attached hydrogens (tertiary/aromatic N) is 1. The van der Waals surface area contributed by atoms with E-state index in [1.54, 1.807) is 0 Å². The van der Waals surface area contributed by atoms with Gasteiger partial charge in [0, 0.05) is 36.8 Å². The Morgan fingerprint density at radius 1 is 1.53 bits per heavy atom. The van der Waals surface area contributed by atoms with Gasteiger partial charge in [0.2, 0.25) is 0 Å². The van der Waals surface area contributed by atoms with Crippen LogP contribution in [0.2, 0.25) is 0 Å². The van der Waals surface area contributed by atoms with E-state index in [1.165, 1.54) is 11.3 Å². The van der Waals surface area contributed by atoms with Crippen LogP contribution in [0.25, 0.3) is 0 Å². The minimum atomic E-state index is 0.289. The van der Waals surface area contributed by atoms with Crippen LogP contribution >= 0.6 is 15.9 Å². The van der Waals surface area contributed by atoms with Crippen molar-refractivity contribution in [2.75, 3.05) is 38.2 Å². The molecule has 0 aromatic heterocycles. The lowest BCUT2D eigenvalue weighted by atomic mass is 10.1. The van der Waals surface area contributed by atoms with Crippen LogP contribution in [0.3, 0.4) is 0 Å². The maximum atomic E-state index is 5.72. The monoisotopic (exact) mass is 298 g/mol. The third kappa shape index (κ3) is 3.44. The number of ether oxygens (including phenoxy) is 1. The van der Waals surface area contributed by atoms with Gasteiger partial charge < -0.3 is 15.0 Å². The second-order valence-electron chi connectivity index (χ2n) is 4.51. The smallest absolute Gasteiger partial charge is 0.0874 e. The molecular formula is C13H19BrN2O. The van der Waals surface area contributed by atoms with E-state index in [-0.39, 0.29) is 6.10 Å². The van der Waals surface area contributed by atoms with Crippen molar-refractivity contribution in [3.63, 3.8) is 0 Å². The molecule has 3 nitrogen and oxygen atoms in total. The third-order valence-electron chi connectivity index (χ3n) is 3.05. The van der Waals surface area contributed by atoms with Crippen LogP contribution in [0, 0.1) is 6.92 Å². The predicted octanol–water partition coefficient (Wildman–Crippen LogP) is 2.18. The molecule has 1 heterocycles. The molecule has 1 aliphatic heterocycles. The maximum absolute atomic E-state index is 5.72. The number of hydrogen-bond acceptors (Lipinski definition) is 3. The highest BCUT2D eigenvalue weighted by Crippen LogP contribution is 2.23. The van der Waals surface area contributed by atoms with E-state index < -0.39 is 0 Å². The Labute approximate surface area is 111 Å². The summed E-state index contributed by atoms with van der Waals surface area (Å²) < 4.78 is 6.85. The molecular weight excluding hydrogens is 280 g/mol. The fraction of sp³-hybridized carbons (Fsp3) is 0.538. The largest absolute Gasteiger partial charge is 0.374 e. The third-order valence-corrected chi connectivity index (χ3v) is 3.55. The van der Waals surface area contributed by atoms with Crippen LogP contribution in [0.4, 0.5) is 5.69 Å². The molecule has 0 aliphatic carbocycles. The zero-order chi connectivity index (χ0) is 12.3. The van der Waals surface area contributed by atoms with Crippen molar-refractivity contribution in [1.29, 1.82) is 0 Å². The number of rotatable bonds is 3. The first-order valence-electron chi connectivity index (χ1n) is 5.96. The number of morpholine rings is 1. The van der Waals surface area contributed by atoms with E-state index in [1.807, 2.05) is 0 Å². The molecule has 1 aromatic carbocycles. The summed E-state index contributed by atoms with van der Waals surface area (Å²) in [4.78, 5) is 2.26. The van der Waals surface area contributed by atoms with E-state index in [0.29, 0.717) is 0 Å². The molecule has 0 saturated carbocycles. The SMILES string of the molecule is Cc1cc(Br)ccc1N(C)CC1CNCCO1. The van der Waals surface area contributed by atoms with Gasteiger partial charge in [-0.25, -0.2) is 0 Å². The second kappa shape index (κ2) is 5.85. The second-order valence-corrected chi connectivity index (χ2v) is 5.42. The Morgan fingerprint density at radius 3 is 3.00 bits per heavy atom. The molecule has 1 aliphatic rings. The van der Waals surface area contributed by atoms with Crippen LogP contribution in [-0.4, -0.2) is 39.4 Å². The van der Waals surface area contributed by atoms with Gasteiger partial charge in [-0.05, 0) is 30.7 Å². The van der Waals surface area contributed by atoms with E-state index in [2.05, 4.69) is 58.3 Å². The zero-order valence-corrected chi connectivity index (χ0v) is 12.0. The van der Waals surface area contributed by atoms with Crippen molar-refractivity contribution >= 4 is 21.6 Å². The topological polar surface area (TPSA) is 24.5 Å². The van der Waals surface area contributed by atoms with Gasteiger partial charge in [-0.1, -0.05) is 15.9 Å². The molecule has 94 valence electrons. The van der Waals surface area contributed by atoms with Crippen molar-refractivity contribution in [3.05, 3.63) is 28.2 Å². The van der Waals surface area contributed by atoms with Crippen LogP contribution < -0.4 is 10.2 Å². The highest BCUT2D eigenvalue weighted by molar-refractivity contribution is 9.10. The summed E-state index contributed by atoms with van der Waals surface area (Å²) in [5.74, 6) is 0. The highest BCUT2D eigenvalue weighted by atomic mass is 79.9. The van der Waals surface area contributed by atoms with Crippen LogP contribution in [0.1, 0.15) is 5.56 Å². The van der Waals surface area contributed by atoms with Crippen molar-refractivity contribution in [3.8, 4) is 0 Å². The average Bonchev–Trinajstić information content (AvgIpc) is 2.30. The molecule has 1 aromatic rings. The lowest BCUT2D eigenvalue weighted by Crippen LogP contribution is -2.44. The zero-order valence-electron chi connectivity index (χ0n) is 10.4. The summed E-state index contributed by atoms with van der Waals surface area (Å²) in [5, 5.41) is 3.36. The number of anilines is 1. The molecule has 0 radical (unpaired) electrons. The number of hydrogen-bond donors (Lipinski definition) is 1. The number of benzene rings is 1. The summed E-state index contributed by atoms with van der Waals surface area (Å²) in [6, 6.07) is 6.38. The first kappa shape index (κ1) is 12.9. The van der Waals surface area contributed by atoms with E-state index in [4.69, 9.17) is 4.74 Å². The Kier molecular flexibility index (Phi) is 4.42. The van der Waals surface area contributed by atoms with Gasteiger partial charge in [-0.2, -0.15) is 0 Å². The number of likely N-dealkylation sites (N-methyl/N-ethyl adjacent to an activating group) is 1. The molecule has 1 fully saturated rings. The molecule has 0 spiro atoms. The molecule has 2 rings (SSSR count). The highest BCUT2D eigenvalue weighted by Gasteiger charge is 2.16. The number of aryl methyl sites for hydroxylation is 1. The fourth-order valence-corrected chi connectivity index (χ4v) is 2.66. The predicted molar refractivity (Wildman–Crippen MR) is 74.8 cm³/mol. The van der Waals surface area contributed by atoms with Crippen molar-refractivity contribution in [1.82, 2.24) is 5.32 Å². The summed E-state index contributed by atoms with van der Waals surface area (Å²) >= 11 is 3.49. The molecule has 1 saturated heterocycles. The normalized spacial score (nSPS) is 20.3. The molecule has 4 heteroatoms. The van der Waals surface area contributed by atoms with Gasteiger partial charge in [-0.15, -0.1) is 0 Å². The lowest BCUT2D eigenvalue weighted by molar-refractivity contribution is 0.0340. The van der Waals surface area contributed by atoms with E-state index >= 15 is 0 Å². The van der Waals surface area contributed by atoms with Gasteiger partial charge in [0.25, 0.3) is 0 Å². The van der Waals surface area contributed by atoms with Crippen LogP contribution in [0.5, 0.6) is 0 Å². The summed E-state index contributed by atoms with van der Waals surface area (Å²) in [7, 11) is 2.12. The van der Waals surface area contributed by atoms with Gasteiger partial charge in [0.1, 0.15) is 0 Å². The van der Waals surface area contributed by atoms with Crippen molar-refractivity contribution in [2.24, 2.45) is 0 Å². The first-order chi connectivity index (χ1) is 8.16. The molecule has 17 heavy (non-hydrogen) atoms. The Bertz CT molecular complexity index is 378. The lowest BCUT2D eigenvalue weighted by Gasteiger charge is -2.30. The number of nitrogens with one attached hydrogen (secondary N) is 1. The summed E-state index contributed by atoms with van der Waals surface area (Å²) in [6.45, 7) is 5.79. The number of halogens is 1. The van der Waals surface area contributed by atoms with Gasteiger partial charge in [-0.3, -0.25) is 0 Å². The molecule has 0 amide bonds. The van der Waals surface area contributed by atoms with Gasteiger partial charge in [0.05, 0.1) is 12.7 Å². The fourth-order valence-electron chi connectivity index (χ4n) is 2.19. The quantitative estimate of drug-likeness (QED) is 0.926. The maximum Gasteiger partial charge on any atom is 0.0874 e. The van der Waals surface area contributed by atoms with Crippen molar-refractivity contribution < 1.29 is 4.74 Å². The van der Waals surface area contributed by atoms with Gasteiger partial charge >= 0.3 is 0 Å². The molecule has 1 N–H and O–H groups in total. The minimum Gasteiger partial charge on any atom is -0.374 e. The van der Waals surface area contributed by atoms with Crippen molar-refractivity contribution in [2.45, 2.75) is 13.0 Å². The van der Waals surface area contributed by atoms with E-state index in [9.17, 15) is 0 Å². The summed E-state index contributed by atoms with van der Waals surface area (Å²) in [6.07, 6.45) is 0.289. The van der Waals surface area contributed by atoms with Gasteiger partial charge in [0.15, 0.2) is 0 Å². The van der Waals surface area contributed by atoms with E-state index in [0.717, 1.165) is 30.7 Å². The first-order valence-corrected chi connectivity index (χ1v) is 6.76. The molecule has 1 unspecified atom stereocenters. The standard InChI is InChI=1S/C13H19BrN2O/c1-10-7-11(14)3-4-13(10)16(2)9-12-8-15-5-6-17-12/h3-4,7,12,15H,5-6,8-9H2,1-2H3.